The molecule has 94 valence electrons. The molecule has 18 heavy (non-hydrogen) atoms. The summed E-state index contributed by atoms with van der Waals surface area (Å²) in [7, 11) is 0. The molecular formula is C14H14Cl2N2. The van der Waals surface area contributed by atoms with E-state index in [1.54, 1.807) is 0 Å². The van der Waals surface area contributed by atoms with Gasteiger partial charge in [0.15, 0.2) is 0 Å². The van der Waals surface area contributed by atoms with Gasteiger partial charge in [-0.25, -0.2) is 0 Å². The fraction of sp³-hybridized carbons (Fsp3) is 0.143. The zero-order valence-corrected chi connectivity index (χ0v) is 11.7. The molecule has 0 bridgehead atoms. The zero-order chi connectivity index (χ0) is 13.3. The van der Waals surface area contributed by atoms with E-state index in [9.17, 15) is 0 Å². The van der Waals surface area contributed by atoms with Crippen LogP contribution >= 0.6 is 23.2 Å². The third-order valence-electron chi connectivity index (χ3n) is 2.79. The second kappa shape index (κ2) is 5.09. The Morgan fingerprint density at radius 2 is 1.67 bits per heavy atom. The normalized spacial score (nSPS) is 10.4. The number of aryl methyl sites for hydroxylation is 2. The van der Waals surface area contributed by atoms with Crippen molar-refractivity contribution in [2.45, 2.75) is 13.8 Å². The van der Waals surface area contributed by atoms with E-state index in [2.05, 4.69) is 5.32 Å². The molecule has 0 heterocycles. The van der Waals surface area contributed by atoms with Gasteiger partial charge in [0.1, 0.15) is 0 Å². The van der Waals surface area contributed by atoms with Gasteiger partial charge in [0.25, 0.3) is 0 Å². The average molecular weight is 281 g/mol. The predicted molar refractivity (Wildman–Crippen MR) is 80.1 cm³/mol. The number of nitrogen functional groups attached to an aromatic ring is 1. The van der Waals surface area contributed by atoms with Crippen molar-refractivity contribution >= 4 is 40.3 Å². The van der Waals surface area contributed by atoms with Gasteiger partial charge < -0.3 is 11.1 Å². The van der Waals surface area contributed by atoms with Gasteiger partial charge >= 0.3 is 0 Å². The number of hydrogen-bond donors (Lipinski definition) is 2. The summed E-state index contributed by atoms with van der Waals surface area (Å²) in [6.07, 6.45) is 0. The maximum atomic E-state index is 6.09. The highest BCUT2D eigenvalue weighted by Crippen LogP contribution is 2.30. The van der Waals surface area contributed by atoms with Crippen LogP contribution in [0, 0.1) is 13.8 Å². The summed E-state index contributed by atoms with van der Waals surface area (Å²) in [6.45, 7) is 3.95. The van der Waals surface area contributed by atoms with Crippen molar-refractivity contribution < 1.29 is 0 Å². The standard InChI is InChI=1S/C14H14Cl2N2/c1-8-3-4-10(6-11(8)15)18-14-7-12(16)13(17)5-9(14)2/h3-7,18H,17H2,1-2H3. The second-order valence-electron chi connectivity index (χ2n) is 4.28. The largest absolute Gasteiger partial charge is 0.398 e. The summed E-state index contributed by atoms with van der Waals surface area (Å²) in [4.78, 5) is 0. The van der Waals surface area contributed by atoms with Crippen LogP contribution in [0.3, 0.4) is 0 Å². The molecule has 0 amide bonds. The van der Waals surface area contributed by atoms with Crippen LogP contribution in [0.15, 0.2) is 30.3 Å². The fourth-order valence-electron chi connectivity index (χ4n) is 1.66. The van der Waals surface area contributed by atoms with Gasteiger partial charge in [-0.1, -0.05) is 29.3 Å². The third-order valence-corrected chi connectivity index (χ3v) is 3.53. The van der Waals surface area contributed by atoms with Crippen LogP contribution in [-0.2, 0) is 0 Å². The van der Waals surface area contributed by atoms with Crippen molar-refractivity contribution in [2.24, 2.45) is 0 Å². The quantitative estimate of drug-likeness (QED) is 0.765. The zero-order valence-electron chi connectivity index (χ0n) is 10.2. The van der Waals surface area contributed by atoms with Crippen molar-refractivity contribution in [1.82, 2.24) is 0 Å². The van der Waals surface area contributed by atoms with Crippen molar-refractivity contribution in [1.29, 1.82) is 0 Å². The smallest absolute Gasteiger partial charge is 0.0656 e. The number of rotatable bonds is 2. The van der Waals surface area contributed by atoms with Gasteiger partial charge in [-0.2, -0.15) is 0 Å². The second-order valence-corrected chi connectivity index (χ2v) is 5.09. The Hall–Kier alpha value is -1.38. The van der Waals surface area contributed by atoms with E-state index in [4.69, 9.17) is 28.9 Å². The lowest BCUT2D eigenvalue weighted by Gasteiger charge is -2.12. The van der Waals surface area contributed by atoms with E-state index in [0.29, 0.717) is 10.7 Å². The van der Waals surface area contributed by atoms with Gasteiger partial charge in [0.05, 0.1) is 10.7 Å². The molecular weight excluding hydrogens is 267 g/mol. The van der Waals surface area contributed by atoms with Crippen LogP contribution in [0.4, 0.5) is 17.1 Å². The summed E-state index contributed by atoms with van der Waals surface area (Å²) in [5, 5.41) is 4.56. The number of halogens is 2. The van der Waals surface area contributed by atoms with Gasteiger partial charge in [-0.3, -0.25) is 0 Å². The summed E-state index contributed by atoms with van der Waals surface area (Å²) in [6, 6.07) is 9.50. The molecule has 0 saturated carbocycles. The van der Waals surface area contributed by atoms with Gasteiger partial charge in [-0.15, -0.1) is 0 Å². The molecule has 0 spiro atoms. The monoisotopic (exact) mass is 280 g/mol. The Kier molecular flexibility index (Phi) is 3.69. The molecule has 0 atom stereocenters. The lowest BCUT2D eigenvalue weighted by molar-refractivity contribution is 1.41. The lowest BCUT2D eigenvalue weighted by atomic mass is 10.1. The van der Waals surface area contributed by atoms with Crippen molar-refractivity contribution in [3.05, 3.63) is 51.5 Å². The maximum Gasteiger partial charge on any atom is 0.0656 e. The molecule has 0 saturated heterocycles. The van der Waals surface area contributed by atoms with E-state index >= 15 is 0 Å². The Labute approximate surface area is 117 Å². The van der Waals surface area contributed by atoms with Gasteiger partial charge in [-0.05, 0) is 49.2 Å². The first-order valence-electron chi connectivity index (χ1n) is 5.56. The molecule has 0 radical (unpaired) electrons. The van der Waals surface area contributed by atoms with E-state index in [0.717, 1.165) is 27.5 Å². The number of hydrogen-bond acceptors (Lipinski definition) is 2. The van der Waals surface area contributed by atoms with Crippen LogP contribution in [0.5, 0.6) is 0 Å². The third kappa shape index (κ3) is 2.71. The molecule has 0 unspecified atom stereocenters. The van der Waals surface area contributed by atoms with Gasteiger partial charge in [0, 0.05) is 16.4 Å². The Morgan fingerprint density at radius 1 is 0.944 bits per heavy atom. The molecule has 0 aromatic heterocycles. The Morgan fingerprint density at radius 3 is 2.33 bits per heavy atom. The number of benzene rings is 2. The summed E-state index contributed by atoms with van der Waals surface area (Å²) >= 11 is 12.1. The average Bonchev–Trinajstić information content (AvgIpc) is 2.31. The molecule has 0 aliphatic rings. The first kappa shape index (κ1) is 13.1. The van der Waals surface area contributed by atoms with Crippen molar-refractivity contribution in [2.75, 3.05) is 11.1 Å². The summed E-state index contributed by atoms with van der Waals surface area (Å²) in [5.74, 6) is 0. The molecule has 2 nitrogen and oxygen atoms in total. The molecule has 2 aromatic carbocycles. The van der Waals surface area contributed by atoms with Crippen molar-refractivity contribution in [3.8, 4) is 0 Å². The van der Waals surface area contributed by atoms with Crippen LogP contribution in [-0.4, -0.2) is 0 Å². The number of nitrogens with one attached hydrogen (secondary N) is 1. The minimum absolute atomic E-state index is 0.543. The lowest BCUT2D eigenvalue weighted by Crippen LogP contribution is -1.96. The minimum atomic E-state index is 0.543. The first-order chi connectivity index (χ1) is 8.47. The maximum absolute atomic E-state index is 6.09. The van der Waals surface area contributed by atoms with E-state index in [1.165, 1.54) is 0 Å². The Balaban J connectivity index is 2.34. The van der Waals surface area contributed by atoms with Crippen LogP contribution < -0.4 is 11.1 Å². The number of nitrogens with two attached hydrogens (primary N) is 1. The Bertz CT molecular complexity index is 595. The summed E-state index contributed by atoms with van der Waals surface area (Å²) in [5.41, 5.74) is 10.3. The molecule has 0 aliphatic carbocycles. The molecule has 4 heteroatoms. The van der Waals surface area contributed by atoms with Crippen LogP contribution in [0.1, 0.15) is 11.1 Å². The fourth-order valence-corrected chi connectivity index (χ4v) is 2.01. The molecule has 2 aromatic rings. The predicted octanol–water partition coefficient (Wildman–Crippen LogP) is 4.94. The highest BCUT2D eigenvalue weighted by atomic mass is 35.5. The minimum Gasteiger partial charge on any atom is -0.398 e. The van der Waals surface area contributed by atoms with Crippen LogP contribution in [0.25, 0.3) is 0 Å². The van der Waals surface area contributed by atoms with Crippen LogP contribution in [0.2, 0.25) is 10.0 Å². The molecule has 0 aliphatic heterocycles. The highest BCUT2D eigenvalue weighted by molar-refractivity contribution is 6.33. The first-order valence-corrected chi connectivity index (χ1v) is 6.32. The van der Waals surface area contributed by atoms with E-state index < -0.39 is 0 Å². The topological polar surface area (TPSA) is 38.0 Å². The van der Waals surface area contributed by atoms with Gasteiger partial charge in [0.2, 0.25) is 0 Å². The highest BCUT2D eigenvalue weighted by Gasteiger charge is 2.05. The summed E-state index contributed by atoms with van der Waals surface area (Å²) < 4.78 is 0. The number of anilines is 3. The van der Waals surface area contributed by atoms with E-state index in [1.807, 2.05) is 44.2 Å². The molecule has 0 fully saturated rings. The van der Waals surface area contributed by atoms with E-state index in [-0.39, 0.29) is 0 Å². The SMILES string of the molecule is Cc1ccc(Nc2cc(Cl)c(N)cc2C)cc1Cl. The van der Waals surface area contributed by atoms with Crippen molar-refractivity contribution in [3.63, 3.8) is 0 Å². The molecule has 2 rings (SSSR count). The molecule has 3 N–H and O–H groups in total.